The summed E-state index contributed by atoms with van der Waals surface area (Å²) in [4.78, 5) is 4.22. The molecule has 0 unspecified atom stereocenters. The van der Waals surface area contributed by atoms with Gasteiger partial charge >= 0.3 is 0 Å². The molecule has 0 aliphatic carbocycles. The number of hydrogen-bond acceptors (Lipinski definition) is 4. The highest BCUT2D eigenvalue weighted by atomic mass is 32.2. The third kappa shape index (κ3) is 5.27. The van der Waals surface area contributed by atoms with Gasteiger partial charge in [-0.1, -0.05) is 0 Å². The van der Waals surface area contributed by atoms with Crippen molar-refractivity contribution >= 4 is 17.7 Å². The van der Waals surface area contributed by atoms with Gasteiger partial charge in [-0.2, -0.15) is 11.8 Å². The van der Waals surface area contributed by atoms with Gasteiger partial charge in [0.2, 0.25) is 0 Å². The fourth-order valence-corrected chi connectivity index (χ4v) is 2.56. The second-order valence-corrected chi connectivity index (χ2v) is 7.74. The zero-order chi connectivity index (χ0) is 17.6. The molecule has 1 aliphatic heterocycles. The summed E-state index contributed by atoms with van der Waals surface area (Å²) >= 11 is 1.80. The summed E-state index contributed by atoms with van der Waals surface area (Å²) in [6.07, 6.45) is 2.74. The molecule has 0 atom stereocenters. The summed E-state index contributed by atoms with van der Waals surface area (Å²) < 4.78 is 24.6. The monoisotopic (exact) mass is 355 g/mol. The molecule has 0 saturated heterocycles. The fourth-order valence-electron chi connectivity index (χ4n) is 2.35. The molecule has 134 valence electrons. The van der Waals surface area contributed by atoms with Crippen molar-refractivity contribution in [3.05, 3.63) is 29.1 Å². The molecule has 0 aromatic heterocycles. The topological polar surface area (TPSA) is 54.9 Å². The van der Waals surface area contributed by atoms with E-state index in [0.29, 0.717) is 19.6 Å². The number of rotatable bonds is 6. The standard InChI is InChI=1S/C17H26FN3O2S/c1-17(2,24-4)10-21-16(19-3)20-6-5-12-7-14(18)8-13-9-22-11-23-15(12)13/h7-8H,5-6,9-11H2,1-4H3,(H2,19,20,21). The predicted molar refractivity (Wildman–Crippen MR) is 97.3 cm³/mol. The van der Waals surface area contributed by atoms with Crippen LogP contribution in [0.2, 0.25) is 0 Å². The maximum absolute atomic E-state index is 13.7. The Balaban J connectivity index is 1.90. The first-order chi connectivity index (χ1) is 11.4. The summed E-state index contributed by atoms with van der Waals surface area (Å²) in [6, 6.07) is 3.00. The number of nitrogens with one attached hydrogen (secondary N) is 2. The van der Waals surface area contributed by atoms with Gasteiger partial charge in [0, 0.05) is 30.4 Å². The van der Waals surface area contributed by atoms with Gasteiger partial charge in [0.25, 0.3) is 0 Å². The Morgan fingerprint density at radius 3 is 2.88 bits per heavy atom. The van der Waals surface area contributed by atoms with E-state index < -0.39 is 0 Å². The molecule has 0 saturated carbocycles. The zero-order valence-corrected chi connectivity index (χ0v) is 15.6. The lowest BCUT2D eigenvalue weighted by atomic mass is 10.1. The van der Waals surface area contributed by atoms with Crippen LogP contribution < -0.4 is 15.4 Å². The lowest BCUT2D eigenvalue weighted by Gasteiger charge is -2.24. The molecular weight excluding hydrogens is 329 g/mol. The van der Waals surface area contributed by atoms with Crippen molar-refractivity contribution in [3.63, 3.8) is 0 Å². The highest BCUT2D eigenvalue weighted by Crippen LogP contribution is 2.29. The van der Waals surface area contributed by atoms with E-state index in [1.54, 1.807) is 18.8 Å². The largest absolute Gasteiger partial charge is 0.467 e. The Hall–Kier alpha value is -1.47. The molecule has 0 spiro atoms. The Labute approximate surface area is 147 Å². The molecule has 1 heterocycles. The number of nitrogens with zero attached hydrogens (tertiary/aromatic N) is 1. The van der Waals surface area contributed by atoms with Crippen LogP contribution in [0.25, 0.3) is 0 Å². The first-order valence-electron chi connectivity index (χ1n) is 7.96. The molecule has 0 bridgehead atoms. The average molecular weight is 355 g/mol. The van der Waals surface area contributed by atoms with E-state index in [1.165, 1.54) is 12.1 Å². The van der Waals surface area contributed by atoms with Gasteiger partial charge in [0.15, 0.2) is 12.8 Å². The number of benzene rings is 1. The van der Waals surface area contributed by atoms with Crippen molar-refractivity contribution in [2.75, 3.05) is 33.2 Å². The lowest BCUT2D eigenvalue weighted by Crippen LogP contribution is -2.43. The fraction of sp³-hybridized carbons (Fsp3) is 0.588. The number of fused-ring (bicyclic) bond motifs is 1. The van der Waals surface area contributed by atoms with Crippen LogP contribution >= 0.6 is 11.8 Å². The number of ether oxygens (including phenoxy) is 2. The molecule has 2 N–H and O–H groups in total. The first-order valence-corrected chi connectivity index (χ1v) is 9.19. The van der Waals surface area contributed by atoms with E-state index in [0.717, 1.165) is 29.4 Å². The SMILES string of the molecule is CN=C(NCCc1cc(F)cc2c1OCOC2)NCC(C)(C)SC. The minimum atomic E-state index is -0.262. The van der Waals surface area contributed by atoms with Gasteiger partial charge in [-0.3, -0.25) is 4.99 Å². The van der Waals surface area contributed by atoms with Gasteiger partial charge < -0.3 is 20.1 Å². The van der Waals surface area contributed by atoms with Crippen LogP contribution in [0.15, 0.2) is 17.1 Å². The lowest BCUT2D eigenvalue weighted by molar-refractivity contribution is -0.0172. The Bertz CT molecular complexity index is 593. The van der Waals surface area contributed by atoms with E-state index in [9.17, 15) is 4.39 Å². The van der Waals surface area contributed by atoms with Gasteiger partial charge in [0.1, 0.15) is 11.6 Å². The maximum Gasteiger partial charge on any atom is 0.191 e. The molecular formula is C17H26FN3O2S. The maximum atomic E-state index is 13.7. The van der Waals surface area contributed by atoms with Crippen molar-refractivity contribution in [2.45, 2.75) is 31.6 Å². The van der Waals surface area contributed by atoms with Crippen LogP contribution in [0.4, 0.5) is 4.39 Å². The number of thioether (sulfide) groups is 1. The second kappa shape index (κ2) is 8.58. The van der Waals surface area contributed by atoms with Crippen LogP contribution in [0.1, 0.15) is 25.0 Å². The molecule has 7 heteroatoms. The normalized spacial score (nSPS) is 14.8. The van der Waals surface area contributed by atoms with E-state index >= 15 is 0 Å². The van der Waals surface area contributed by atoms with Crippen LogP contribution in [0.5, 0.6) is 5.75 Å². The Kier molecular flexibility index (Phi) is 6.74. The predicted octanol–water partition coefficient (Wildman–Crippen LogP) is 2.54. The molecule has 1 aromatic carbocycles. The number of aliphatic imine (C=N–C) groups is 1. The van der Waals surface area contributed by atoms with Gasteiger partial charge in [-0.05, 0) is 44.2 Å². The number of hydrogen-bond donors (Lipinski definition) is 2. The second-order valence-electron chi connectivity index (χ2n) is 6.23. The molecule has 2 rings (SSSR count). The molecule has 0 amide bonds. The van der Waals surface area contributed by atoms with Gasteiger partial charge in [0.05, 0.1) is 6.61 Å². The van der Waals surface area contributed by atoms with Crippen LogP contribution in [-0.2, 0) is 17.8 Å². The molecule has 0 fully saturated rings. The summed E-state index contributed by atoms with van der Waals surface area (Å²) in [5.41, 5.74) is 1.61. The van der Waals surface area contributed by atoms with Crippen molar-refractivity contribution < 1.29 is 13.9 Å². The van der Waals surface area contributed by atoms with Crippen molar-refractivity contribution in [3.8, 4) is 5.75 Å². The third-order valence-corrected chi connectivity index (χ3v) is 5.15. The smallest absolute Gasteiger partial charge is 0.191 e. The highest BCUT2D eigenvalue weighted by Gasteiger charge is 2.18. The zero-order valence-electron chi connectivity index (χ0n) is 14.7. The average Bonchev–Trinajstić information content (AvgIpc) is 2.57. The van der Waals surface area contributed by atoms with Crippen LogP contribution in [-0.4, -0.2) is 43.9 Å². The van der Waals surface area contributed by atoms with E-state index in [4.69, 9.17) is 9.47 Å². The Morgan fingerprint density at radius 2 is 2.17 bits per heavy atom. The van der Waals surface area contributed by atoms with Crippen molar-refractivity contribution in [2.24, 2.45) is 4.99 Å². The van der Waals surface area contributed by atoms with E-state index in [1.807, 2.05) is 0 Å². The van der Waals surface area contributed by atoms with Gasteiger partial charge in [-0.25, -0.2) is 4.39 Å². The minimum Gasteiger partial charge on any atom is -0.467 e. The quantitative estimate of drug-likeness (QED) is 0.607. The van der Waals surface area contributed by atoms with Crippen LogP contribution in [0, 0.1) is 5.82 Å². The Morgan fingerprint density at radius 1 is 1.38 bits per heavy atom. The third-order valence-electron chi connectivity index (χ3n) is 3.90. The van der Waals surface area contributed by atoms with Crippen molar-refractivity contribution in [1.29, 1.82) is 0 Å². The molecule has 1 aromatic rings. The number of halogens is 1. The van der Waals surface area contributed by atoms with E-state index in [2.05, 4.69) is 35.7 Å². The van der Waals surface area contributed by atoms with E-state index in [-0.39, 0.29) is 17.4 Å². The van der Waals surface area contributed by atoms with Crippen molar-refractivity contribution in [1.82, 2.24) is 10.6 Å². The highest BCUT2D eigenvalue weighted by molar-refractivity contribution is 7.99. The molecule has 24 heavy (non-hydrogen) atoms. The number of guanidine groups is 1. The summed E-state index contributed by atoms with van der Waals surface area (Å²) in [7, 11) is 1.74. The molecule has 0 radical (unpaired) electrons. The molecule has 1 aliphatic rings. The van der Waals surface area contributed by atoms with Gasteiger partial charge in [-0.15, -0.1) is 0 Å². The minimum absolute atomic E-state index is 0.132. The first kappa shape index (κ1) is 18.9. The summed E-state index contributed by atoms with van der Waals surface area (Å²) in [6.45, 7) is 6.41. The molecule has 5 nitrogen and oxygen atoms in total. The summed E-state index contributed by atoms with van der Waals surface area (Å²) in [5, 5.41) is 6.57. The summed E-state index contributed by atoms with van der Waals surface area (Å²) in [5.74, 6) is 1.23. The van der Waals surface area contributed by atoms with Crippen LogP contribution in [0.3, 0.4) is 0 Å².